The quantitative estimate of drug-likeness (QED) is 0.495. The molecule has 48 valence electrons. The summed E-state index contributed by atoms with van der Waals surface area (Å²) < 4.78 is 4.00. The van der Waals surface area contributed by atoms with Crippen LogP contribution >= 0.6 is 23.3 Å². The SMILES string of the molecule is C=CCSc1ncsn1. The second kappa shape index (κ2) is 3.63. The number of hydrogen-bond acceptors (Lipinski definition) is 4. The Bertz CT molecular complexity index is 171. The van der Waals surface area contributed by atoms with Crippen molar-refractivity contribution in [2.45, 2.75) is 5.16 Å². The van der Waals surface area contributed by atoms with E-state index in [1.165, 1.54) is 11.5 Å². The standard InChI is InChI=1S/C5H6N2S2/c1-2-3-8-5-6-4-9-7-5/h2,4H,1,3H2. The summed E-state index contributed by atoms with van der Waals surface area (Å²) in [6.45, 7) is 3.59. The van der Waals surface area contributed by atoms with E-state index in [0.29, 0.717) is 0 Å². The van der Waals surface area contributed by atoms with Gasteiger partial charge in [-0.2, -0.15) is 4.37 Å². The van der Waals surface area contributed by atoms with E-state index in [4.69, 9.17) is 0 Å². The minimum atomic E-state index is 0.847. The minimum absolute atomic E-state index is 0.847. The van der Waals surface area contributed by atoms with Gasteiger partial charge in [0.05, 0.1) is 0 Å². The first-order valence-corrected chi connectivity index (χ1v) is 4.26. The lowest BCUT2D eigenvalue weighted by Crippen LogP contribution is -1.73. The highest BCUT2D eigenvalue weighted by atomic mass is 32.2. The molecule has 0 saturated carbocycles. The fourth-order valence-corrected chi connectivity index (χ4v) is 1.49. The molecule has 0 unspecified atom stereocenters. The van der Waals surface area contributed by atoms with Crippen molar-refractivity contribution >= 4 is 23.3 Å². The van der Waals surface area contributed by atoms with Crippen molar-refractivity contribution < 1.29 is 0 Å². The molecule has 0 atom stereocenters. The van der Waals surface area contributed by atoms with Crippen LogP contribution in [0.5, 0.6) is 0 Å². The molecule has 1 heterocycles. The van der Waals surface area contributed by atoms with Gasteiger partial charge in [-0.05, 0) is 11.5 Å². The minimum Gasteiger partial charge on any atom is -0.218 e. The van der Waals surface area contributed by atoms with E-state index in [0.717, 1.165) is 10.9 Å². The van der Waals surface area contributed by atoms with Gasteiger partial charge in [-0.15, -0.1) is 6.58 Å². The Morgan fingerprint density at radius 2 is 2.78 bits per heavy atom. The number of thioether (sulfide) groups is 1. The van der Waals surface area contributed by atoms with Crippen molar-refractivity contribution in [3.63, 3.8) is 0 Å². The van der Waals surface area contributed by atoms with E-state index < -0.39 is 0 Å². The molecule has 0 radical (unpaired) electrons. The highest BCUT2D eigenvalue weighted by Gasteiger charge is 1.92. The third kappa shape index (κ3) is 2.15. The van der Waals surface area contributed by atoms with E-state index in [2.05, 4.69) is 15.9 Å². The lowest BCUT2D eigenvalue weighted by Gasteiger charge is -1.84. The average molecular weight is 158 g/mol. The molecule has 0 saturated heterocycles. The smallest absolute Gasteiger partial charge is 0.200 e. The summed E-state index contributed by atoms with van der Waals surface area (Å²) in [5.74, 6) is 0.886. The molecule has 9 heavy (non-hydrogen) atoms. The molecular formula is C5H6N2S2. The van der Waals surface area contributed by atoms with Crippen molar-refractivity contribution in [2.75, 3.05) is 5.75 Å². The Labute approximate surface area is 62.2 Å². The van der Waals surface area contributed by atoms with Gasteiger partial charge in [-0.25, -0.2) is 4.98 Å². The fourth-order valence-electron chi connectivity index (χ4n) is 0.358. The lowest BCUT2D eigenvalue weighted by atomic mass is 10.8. The predicted molar refractivity (Wildman–Crippen MR) is 40.8 cm³/mol. The molecule has 0 aliphatic carbocycles. The number of aromatic nitrogens is 2. The van der Waals surface area contributed by atoms with E-state index >= 15 is 0 Å². The van der Waals surface area contributed by atoms with Gasteiger partial charge in [-0.1, -0.05) is 17.8 Å². The maximum absolute atomic E-state index is 4.00. The van der Waals surface area contributed by atoms with Crippen LogP contribution in [-0.4, -0.2) is 15.1 Å². The van der Waals surface area contributed by atoms with Crippen LogP contribution in [0.25, 0.3) is 0 Å². The lowest BCUT2D eigenvalue weighted by molar-refractivity contribution is 1.08. The summed E-state index contributed by atoms with van der Waals surface area (Å²) >= 11 is 2.97. The molecule has 4 heteroatoms. The molecule has 0 N–H and O–H groups in total. The molecule has 1 aromatic heterocycles. The van der Waals surface area contributed by atoms with Crippen LogP contribution in [-0.2, 0) is 0 Å². The molecule has 1 aromatic rings. The Kier molecular flexibility index (Phi) is 2.73. The number of hydrogen-bond donors (Lipinski definition) is 0. The first-order valence-electron chi connectivity index (χ1n) is 2.43. The van der Waals surface area contributed by atoms with Crippen molar-refractivity contribution in [3.05, 3.63) is 18.2 Å². The maximum Gasteiger partial charge on any atom is 0.200 e. The summed E-state index contributed by atoms with van der Waals surface area (Å²) in [4.78, 5) is 3.98. The van der Waals surface area contributed by atoms with Crippen molar-refractivity contribution in [1.29, 1.82) is 0 Å². The van der Waals surface area contributed by atoms with Crippen LogP contribution in [0, 0.1) is 0 Å². The van der Waals surface area contributed by atoms with E-state index in [-0.39, 0.29) is 0 Å². The first-order chi connectivity index (χ1) is 4.43. The first kappa shape index (κ1) is 6.77. The van der Waals surface area contributed by atoms with Crippen LogP contribution < -0.4 is 0 Å². The van der Waals surface area contributed by atoms with Gasteiger partial charge in [0.15, 0.2) is 5.16 Å². The average Bonchev–Trinajstić information content (AvgIpc) is 2.34. The van der Waals surface area contributed by atoms with Gasteiger partial charge < -0.3 is 0 Å². The van der Waals surface area contributed by atoms with Gasteiger partial charge >= 0.3 is 0 Å². The van der Waals surface area contributed by atoms with Crippen LogP contribution in [0.15, 0.2) is 23.3 Å². The third-order valence-corrected chi connectivity index (χ3v) is 2.12. The van der Waals surface area contributed by atoms with Crippen LogP contribution in [0.4, 0.5) is 0 Å². The highest BCUT2D eigenvalue weighted by molar-refractivity contribution is 7.99. The van der Waals surface area contributed by atoms with E-state index in [1.54, 1.807) is 17.3 Å². The summed E-state index contributed by atoms with van der Waals surface area (Å²) in [7, 11) is 0. The van der Waals surface area contributed by atoms with Gasteiger partial charge in [0.25, 0.3) is 0 Å². The predicted octanol–water partition coefficient (Wildman–Crippen LogP) is 1.82. The maximum atomic E-state index is 4.00. The Hall–Kier alpha value is -0.350. The summed E-state index contributed by atoms with van der Waals surface area (Å²) in [5.41, 5.74) is 1.73. The fraction of sp³-hybridized carbons (Fsp3) is 0.200. The normalized spacial score (nSPS) is 9.33. The van der Waals surface area contributed by atoms with Crippen molar-refractivity contribution in [1.82, 2.24) is 9.36 Å². The molecule has 0 aliphatic rings. The van der Waals surface area contributed by atoms with Gasteiger partial charge in [-0.3, -0.25) is 0 Å². The second-order valence-electron chi connectivity index (χ2n) is 1.31. The van der Waals surface area contributed by atoms with Gasteiger partial charge in [0, 0.05) is 5.75 Å². The number of rotatable bonds is 3. The zero-order valence-corrected chi connectivity index (χ0v) is 6.41. The largest absolute Gasteiger partial charge is 0.218 e. The topological polar surface area (TPSA) is 25.8 Å². The van der Waals surface area contributed by atoms with Crippen LogP contribution in [0.1, 0.15) is 0 Å². The monoisotopic (exact) mass is 158 g/mol. The Morgan fingerprint density at radius 3 is 3.33 bits per heavy atom. The van der Waals surface area contributed by atoms with E-state index in [9.17, 15) is 0 Å². The molecule has 0 fully saturated rings. The summed E-state index contributed by atoms with van der Waals surface area (Å²) in [6.07, 6.45) is 1.84. The Balaban J connectivity index is 2.38. The van der Waals surface area contributed by atoms with Crippen molar-refractivity contribution in [3.8, 4) is 0 Å². The van der Waals surface area contributed by atoms with Crippen LogP contribution in [0.2, 0.25) is 0 Å². The molecule has 1 rings (SSSR count). The third-order valence-electron chi connectivity index (χ3n) is 0.671. The van der Waals surface area contributed by atoms with Gasteiger partial charge in [0.1, 0.15) is 5.51 Å². The zero-order chi connectivity index (χ0) is 6.53. The summed E-state index contributed by atoms with van der Waals surface area (Å²) in [5, 5.41) is 0.847. The number of nitrogens with zero attached hydrogens (tertiary/aromatic N) is 2. The molecule has 0 aromatic carbocycles. The summed E-state index contributed by atoms with van der Waals surface area (Å²) in [6, 6.07) is 0. The van der Waals surface area contributed by atoms with E-state index in [1.807, 2.05) is 6.08 Å². The molecule has 2 nitrogen and oxygen atoms in total. The second-order valence-corrected chi connectivity index (χ2v) is 2.90. The highest BCUT2D eigenvalue weighted by Crippen LogP contribution is 2.12. The zero-order valence-electron chi connectivity index (χ0n) is 4.78. The molecule has 0 spiro atoms. The molecule has 0 aliphatic heterocycles. The molecular weight excluding hydrogens is 152 g/mol. The molecule has 0 amide bonds. The van der Waals surface area contributed by atoms with Crippen LogP contribution in [0.3, 0.4) is 0 Å². The molecule has 0 bridgehead atoms. The van der Waals surface area contributed by atoms with Gasteiger partial charge in [0.2, 0.25) is 0 Å². The van der Waals surface area contributed by atoms with Crippen molar-refractivity contribution in [2.24, 2.45) is 0 Å². The Morgan fingerprint density at radius 1 is 1.89 bits per heavy atom.